The normalized spacial score (nSPS) is 31.3. The first-order chi connectivity index (χ1) is 28.1. The van der Waals surface area contributed by atoms with E-state index in [2.05, 4.69) is 22.2 Å². The minimum Gasteiger partial charge on any atom is -0.461 e. The van der Waals surface area contributed by atoms with Gasteiger partial charge in [-0.2, -0.15) is 5.26 Å². The number of anilines is 1. The molecule has 20 heteroatoms. The molecule has 0 radical (unpaired) electrons. The molecule has 0 aliphatic carbocycles. The molecule has 10 unspecified atom stereocenters. The van der Waals surface area contributed by atoms with Crippen LogP contribution in [0.15, 0.2) is 18.6 Å². The molecule has 20 nitrogen and oxygen atoms in total. The molecule has 2 aromatic rings. The average molecular weight is 834 g/mol. The Morgan fingerprint density at radius 2 is 1.83 bits per heavy atom. The number of likely N-dealkylation sites (N-methyl/N-ethyl adjacent to an activating group) is 1. The van der Waals surface area contributed by atoms with Crippen LogP contribution in [0, 0.1) is 23.2 Å². The highest BCUT2D eigenvalue weighted by atomic mass is 16.7. The van der Waals surface area contributed by atoms with Gasteiger partial charge in [-0.1, -0.05) is 20.8 Å². The molecule has 0 saturated carbocycles. The third-order valence-corrected chi connectivity index (χ3v) is 11.0. The molecule has 5 rings (SSSR count). The van der Waals surface area contributed by atoms with Crippen LogP contribution in [0.25, 0.3) is 11.0 Å². The van der Waals surface area contributed by atoms with Crippen molar-refractivity contribution in [1.29, 1.82) is 5.26 Å². The third-order valence-electron chi connectivity index (χ3n) is 11.0. The van der Waals surface area contributed by atoms with E-state index in [1.807, 2.05) is 37.9 Å². The second-order valence-electron chi connectivity index (χ2n) is 16.0. The predicted molar refractivity (Wildman–Crippen MR) is 207 cm³/mol. The number of esters is 1. The first kappa shape index (κ1) is 46.0. The van der Waals surface area contributed by atoms with E-state index in [4.69, 9.17) is 33.7 Å². The van der Waals surface area contributed by atoms with Crippen LogP contribution in [0.1, 0.15) is 54.4 Å². The van der Waals surface area contributed by atoms with Crippen LogP contribution >= 0.6 is 0 Å². The van der Waals surface area contributed by atoms with E-state index in [-0.39, 0.29) is 50.2 Å². The average Bonchev–Trinajstić information content (AvgIpc) is 3.61. The highest BCUT2D eigenvalue weighted by Crippen LogP contribution is 2.33. The zero-order valence-electron chi connectivity index (χ0n) is 34.6. The van der Waals surface area contributed by atoms with Crippen LogP contribution in [0.5, 0.6) is 0 Å². The van der Waals surface area contributed by atoms with Crippen molar-refractivity contribution in [1.82, 2.24) is 24.8 Å². The lowest BCUT2D eigenvalue weighted by atomic mass is 9.87. The van der Waals surface area contributed by atoms with Gasteiger partial charge in [0.1, 0.15) is 74.2 Å². The maximum absolute atomic E-state index is 13.6. The lowest BCUT2D eigenvalue weighted by Gasteiger charge is -2.49. The Balaban J connectivity index is 1.22. The molecule has 0 spiro atoms. The summed E-state index contributed by atoms with van der Waals surface area (Å²) in [4.78, 5) is 51.0. The molecule has 3 fully saturated rings. The molecule has 3 saturated heterocycles. The number of aliphatic hydroxyl groups excluding tert-OH is 4. The zero-order chi connectivity index (χ0) is 43.1. The second kappa shape index (κ2) is 20.5. The first-order valence-electron chi connectivity index (χ1n) is 20.0. The van der Waals surface area contributed by atoms with E-state index in [0.717, 1.165) is 11.8 Å². The van der Waals surface area contributed by atoms with Gasteiger partial charge in [-0.3, -0.25) is 9.59 Å². The molecule has 5 N–H and O–H groups in total. The maximum Gasteiger partial charge on any atom is 0.338 e. The maximum atomic E-state index is 13.6. The Hall–Kier alpha value is -4.04. The van der Waals surface area contributed by atoms with Gasteiger partial charge >= 0.3 is 5.97 Å². The van der Waals surface area contributed by atoms with Gasteiger partial charge in [0.2, 0.25) is 11.8 Å². The number of likely N-dealkylation sites (tertiary alicyclic amines) is 1. The molecular weight excluding hydrogens is 774 g/mol. The number of fused-ring (bicyclic) bond motifs is 1. The van der Waals surface area contributed by atoms with Crippen LogP contribution in [0.2, 0.25) is 0 Å². The number of amides is 2. The summed E-state index contributed by atoms with van der Waals surface area (Å²) >= 11 is 0. The van der Waals surface area contributed by atoms with Crippen LogP contribution in [0.3, 0.4) is 0 Å². The molecule has 2 amide bonds. The molecule has 2 aromatic heterocycles. The lowest BCUT2D eigenvalue weighted by molar-refractivity contribution is -0.333. The number of hydrogen-bond donors (Lipinski definition) is 5. The van der Waals surface area contributed by atoms with Crippen LogP contribution in [0.4, 0.5) is 5.82 Å². The van der Waals surface area contributed by atoms with Crippen molar-refractivity contribution in [3.05, 3.63) is 18.6 Å². The minimum atomic E-state index is -1.76. The number of piperidine rings is 1. The molecule has 0 bridgehead atoms. The summed E-state index contributed by atoms with van der Waals surface area (Å²) in [5.41, 5.74) is 0.600. The van der Waals surface area contributed by atoms with Gasteiger partial charge in [0.25, 0.3) is 0 Å². The van der Waals surface area contributed by atoms with Gasteiger partial charge < -0.3 is 68.5 Å². The smallest absolute Gasteiger partial charge is 0.338 e. The SMILES string of the molecule is CC(=O)NC1C(C(C)C)OC(CO)C(O)C1OC1OC(C(=O)OCCOCn2ccc3c(N(C)[C@H]4CN(C(=O)CC#N)CC[C@H]4C)ncnc32)C(OC(C)C)C(O)C1O. The predicted octanol–water partition coefficient (Wildman–Crippen LogP) is -0.558. The van der Waals surface area contributed by atoms with Crippen molar-refractivity contribution < 1.29 is 63.2 Å². The quantitative estimate of drug-likeness (QED) is 0.105. The van der Waals surface area contributed by atoms with E-state index < -0.39 is 85.8 Å². The summed E-state index contributed by atoms with van der Waals surface area (Å²) in [6.07, 6.45) is -9.35. The van der Waals surface area contributed by atoms with E-state index in [1.54, 1.807) is 29.5 Å². The van der Waals surface area contributed by atoms with Crippen LogP contribution in [-0.4, -0.2) is 171 Å². The van der Waals surface area contributed by atoms with Gasteiger partial charge in [-0.15, -0.1) is 0 Å². The molecule has 5 heterocycles. The lowest BCUT2D eigenvalue weighted by Crippen LogP contribution is -2.68. The number of rotatable bonds is 16. The molecule has 59 heavy (non-hydrogen) atoms. The van der Waals surface area contributed by atoms with Gasteiger partial charge in [0.05, 0.1) is 49.0 Å². The zero-order valence-corrected chi connectivity index (χ0v) is 34.6. The van der Waals surface area contributed by atoms with Crippen molar-refractivity contribution in [2.24, 2.45) is 11.8 Å². The highest BCUT2D eigenvalue weighted by Gasteiger charge is 2.54. The van der Waals surface area contributed by atoms with Gasteiger partial charge in [-0.25, -0.2) is 14.8 Å². The summed E-state index contributed by atoms with van der Waals surface area (Å²) < 4.78 is 36.8. The number of nitrogens with one attached hydrogen (secondary N) is 1. The van der Waals surface area contributed by atoms with E-state index in [1.165, 1.54) is 13.3 Å². The fourth-order valence-corrected chi connectivity index (χ4v) is 7.96. The summed E-state index contributed by atoms with van der Waals surface area (Å²) in [7, 11) is 1.93. The Bertz CT molecular complexity index is 1770. The fraction of sp³-hybridized carbons (Fsp3) is 0.744. The molecule has 0 aromatic carbocycles. The summed E-state index contributed by atoms with van der Waals surface area (Å²) in [5.74, 6) is -0.841. The van der Waals surface area contributed by atoms with Crippen LogP contribution in [-0.2, 0) is 49.5 Å². The van der Waals surface area contributed by atoms with E-state index in [9.17, 15) is 34.8 Å². The number of hydrogen-bond acceptors (Lipinski definition) is 17. The summed E-state index contributed by atoms with van der Waals surface area (Å²) in [5, 5.41) is 56.0. The number of carbonyl (C=O) groups excluding carboxylic acids is 3. The number of aromatic nitrogens is 3. The largest absolute Gasteiger partial charge is 0.461 e. The topological polar surface area (TPSA) is 261 Å². The Labute approximate surface area is 343 Å². The van der Waals surface area contributed by atoms with Gasteiger partial charge in [0, 0.05) is 33.3 Å². The van der Waals surface area contributed by atoms with E-state index >= 15 is 0 Å². The standard InChI is InChI=1S/C39H59N7O13/c1-20(2)32-28(43-23(6)48)33(29(50)26(17-47)57-32)58-39-31(52)30(51)34(56-21(3)4)35(59-39)38(53)55-15-14-54-19-46-13-10-24-36(41-18-42-37(24)46)44(7)25-16-45(12-9-22(25)5)27(49)8-11-40/h10,13,18,20-22,25-26,28-35,39,47,50-52H,8-9,12,14-17,19H2,1-7H3,(H,43,48)/t22-,25+,26?,28?,29?,30?,31?,32?,33?,34?,35?,39?/m1/s1. The van der Waals surface area contributed by atoms with Crippen LogP contribution < -0.4 is 10.2 Å². The minimum absolute atomic E-state index is 0.0337. The van der Waals surface area contributed by atoms with Gasteiger partial charge in [-0.05, 0) is 38.2 Å². The number of ether oxygens (including phenoxy) is 6. The monoisotopic (exact) mass is 833 g/mol. The fourth-order valence-electron chi connectivity index (χ4n) is 7.96. The molecule has 3 aliphatic rings. The van der Waals surface area contributed by atoms with Gasteiger partial charge in [0.15, 0.2) is 12.4 Å². The van der Waals surface area contributed by atoms with Crippen molar-refractivity contribution in [2.45, 2.75) is 134 Å². The summed E-state index contributed by atoms with van der Waals surface area (Å²) in [6.45, 7) is 10.7. The Morgan fingerprint density at radius 1 is 1.08 bits per heavy atom. The summed E-state index contributed by atoms with van der Waals surface area (Å²) in [6, 6.07) is 2.82. The first-order valence-corrected chi connectivity index (χ1v) is 20.0. The number of nitrogens with zero attached hydrogens (tertiary/aromatic N) is 6. The number of carbonyl (C=O) groups is 3. The number of aliphatic hydroxyl groups is 4. The Kier molecular flexibility index (Phi) is 16.0. The molecule has 12 atom stereocenters. The molecular formula is C39H59N7O13. The van der Waals surface area contributed by atoms with Crippen molar-refractivity contribution >= 4 is 34.6 Å². The highest BCUT2D eigenvalue weighted by molar-refractivity contribution is 5.88. The van der Waals surface area contributed by atoms with Crippen molar-refractivity contribution in [2.75, 3.05) is 44.9 Å². The molecule has 3 aliphatic heterocycles. The molecule has 328 valence electrons. The van der Waals surface area contributed by atoms with Crippen molar-refractivity contribution in [3.63, 3.8) is 0 Å². The van der Waals surface area contributed by atoms with E-state index in [0.29, 0.717) is 24.6 Å². The second-order valence-corrected chi connectivity index (χ2v) is 16.0. The third kappa shape index (κ3) is 10.6. The Morgan fingerprint density at radius 3 is 2.49 bits per heavy atom. The van der Waals surface area contributed by atoms with Crippen molar-refractivity contribution in [3.8, 4) is 6.07 Å². The number of nitriles is 1.